The van der Waals surface area contributed by atoms with Crippen molar-refractivity contribution in [1.82, 2.24) is 9.78 Å². The number of aromatic nitrogens is 2. The summed E-state index contributed by atoms with van der Waals surface area (Å²) in [4.78, 5) is 0. The first-order valence-electron chi connectivity index (χ1n) is 5.01. The third-order valence-electron chi connectivity index (χ3n) is 2.85. The van der Waals surface area contributed by atoms with Crippen molar-refractivity contribution in [2.75, 3.05) is 0 Å². The van der Waals surface area contributed by atoms with Crippen LogP contribution in [0.25, 0.3) is 0 Å². The molecular weight excluding hydrogens is 176 g/mol. The summed E-state index contributed by atoms with van der Waals surface area (Å²) >= 11 is 0. The van der Waals surface area contributed by atoms with Gasteiger partial charge in [-0.3, -0.25) is 4.68 Å². The minimum Gasteiger partial charge on any atom is -0.326 e. The maximum atomic E-state index is 8.68. The predicted molar refractivity (Wildman–Crippen MR) is 52.4 cm³/mol. The fourth-order valence-electron chi connectivity index (χ4n) is 2.05. The van der Waals surface area contributed by atoms with E-state index in [0.29, 0.717) is 5.56 Å². The molecule has 2 rings (SSSR count). The number of rotatable bonds is 1. The summed E-state index contributed by atoms with van der Waals surface area (Å²) in [6.45, 7) is 0. The molecule has 1 aliphatic rings. The van der Waals surface area contributed by atoms with Gasteiger partial charge in [-0.25, -0.2) is 0 Å². The first kappa shape index (κ1) is 9.22. The highest BCUT2D eigenvalue weighted by Gasteiger charge is 2.23. The van der Waals surface area contributed by atoms with Crippen molar-refractivity contribution >= 4 is 0 Å². The van der Waals surface area contributed by atoms with Gasteiger partial charge in [-0.15, -0.1) is 0 Å². The Balaban J connectivity index is 2.17. The predicted octanol–water partition coefficient (Wildman–Crippen LogP) is 1.20. The minimum absolute atomic E-state index is 0.190. The minimum atomic E-state index is 0.190. The van der Waals surface area contributed by atoms with E-state index in [1.807, 2.05) is 4.68 Å². The zero-order chi connectivity index (χ0) is 9.97. The second kappa shape index (κ2) is 3.81. The van der Waals surface area contributed by atoms with E-state index >= 15 is 0 Å². The number of nitrogens with zero attached hydrogens (tertiary/aromatic N) is 3. The van der Waals surface area contributed by atoms with Gasteiger partial charge in [0.2, 0.25) is 0 Å². The van der Waals surface area contributed by atoms with Gasteiger partial charge in [-0.05, 0) is 12.8 Å². The lowest BCUT2D eigenvalue weighted by Gasteiger charge is -2.28. The van der Waals surface area contributed by atoms with E-state index in [1.165, 1.54) is 12.8 Å². The fraction of sp³-hybridized carbons (Fsp3) is 0.600. The maximum Gasteiger partial charge on any atom is 0.102 e. The van der Waals surface area contributed by atoms with Gasteiger partial charge in [0.1, 0.15) is 6.07 Å². The number of nitrogens with two attached hydrogens (primary N) is 1. The van der Waals surface area contributed by atoms with Crippen molar-refractivity contribution < 1.29 is 0 Å². The molecule has 14 heavy (non-hydrogen) atoms. The Hall–Kier alpha value is -1.34. The average Bonchev–Trinajstić information content (AvgIpc) is 2.67. The van der Waals surface area contributed by atoms with Crippen molar-refractivity contribution in [2.45, 2.75) is 37.8 Å². The molecule has 1 aromatic rings. The lowest BCUT2D eigenvalue weighted by Crippen LogP contribution is -2.35. The van der Waals surface area contributed by atoms with E-state index in [9.17, 15) is 0 Å². The van der Waals surface area contributed by atoms with Gasteiger partial charge in [-0.1, -0.05) is 12.8 Å². The Labute approximate surface area is 83.3 Å². The van der Waals surface area contributed by atoms with Crippen LogP contribution in [0.15, 0.2) is 12.4 Å². The zero-order valence-electron chi connectivity index (χ0n) is 8.06. The topological polar surface area (TPSA) is 67.6 Å². The monoisotopic (exact) mass is 190 g/mol. The molecule has 1 fully saturated rings. The SMILES string of the molecule is N#Cc1cnn(C2CCCCC2N)c1. The largest absolute Gasteiger partial charge is 0.326 e. The lowest BCUT2D eigenvalue weighted by atomic mass is 9.91. The van der Waals surface area contributed by atoms with Crippen LogP contribution < -0.4 is 5.73 Å². The van der Waals surface area contributed by atoms with E-state index in [-0.39, 0.29) is 12.1 Å². The van der Waals surface area contributed by atoms with Gasteiger partial charge in [0.15, 0.2) is 0 Å². The molecule has 0 radical (unpaired) electrons. The van der Waals surface area contributed by atoms with Crippen molar-refractivity contribution in [3.05, 3.63) is 18.0 Å². The Morgan fingerprint density at radius 2 is 2.29 bits per heavy atom. The quantitative estimate of drug-likeness (QED) is 0.723. The molecule has 1 saturated carbocycles. The van der Waals surface area contributed by atoms with Crippen molar-refractivity contribution in [2.24, 2.45) is 5.73 Å². The summed E-state index contributed by atoms with van der Waals surface area (Å²) in [6.07, 6.45) is 7.95. The Kier molecular flexibility index (Phi) is 2.51. The highest BCUT2D eigenvalue weighted by molar-refractivity contribution is 5.22. The molecule has 1 aromatic heterocycles. The molecule has 1 heterocycles. The van der Waals surface area contributed by atoms with Crippen LogP contribution in [0.3, 0.4) is 0 Å². The van der Waals surface area contributed by atoms with Crippen LogP contribution >= 0.6 is 0 Å². The third-order valence-corrected chi connectivity index (χ3v) is 2.85. The van der Waals surface area contributed by atoms with Gasteiger partial charge < -0.3 is 5.73 Å². The Morgan fingerprint density at radius 3 is 2.93 bits per heavy atom. The third kappa shape index (κ3) is 1.64. The van der Waals surface area contributed by atoms with E-state index in [1.54, 1.807) is 12.4 Å². The standard InChI is InChI=1S/C10H14N4/c11-5-8-6-13-14(7-8)10-4-2-1-3-9(10)12/h6-7,9-10H,1-4,12H2. The molecule has 0 aliphatic heterocycles. The van der Waals surface area contributed by atoms with Gasteiger partial charge in [-0.2, -0.15) is 10.4 Å². The molecule has 74 valence electrons. The van der Waals surface area contributed by atoms with Crippen LogP contribution in [0, 0.1) is 11.3 Å². The summed E-state index contributed by atoms with van der Waals surface area (Å²) in [7, 11) is 0. The maximum absolute atomic E-state index is 8.68. The first-order chi connectivity index (χ1) is 6.81. The molecule has 0 bridgehead atoms. The van der Waals surface area contributed by atoms with E-state index in [0.717, 1.165) is 12.8 Å². The Bertz CT molecular complexity index is 349. The molecule has 2 atom stereocenters. The zero-order valence-corrected chi connectivity index (χ0v) is 8.06. The van der Waals surface area contributed by atoms with Gasteiger partial charge >= 0.3 is 0 Å². The number of hydrogen-bond acceptors (Lipinski definition) is 3. The lowest BCUT2D eigenvalue weighted by molar-refractivity contribution is 0.286. The van der Waals surface area contributed by atoms with Crippen LogP contribution in [0.5, 0.6) is 0 Å². The smallest absolute Gasteiger partial charge is 0.102 e. The van der Waals surface area contributed by atoms with Crippen LogP contribution in [-0.4, -0.2) is 15.8 Å². The van der Waals surface area contributed by atoms with Gasteiger partial charge in [0, 0.05) is 12.2 Å². The summed E-state index contributed by atoms with van der Waals surface area (Å²) < 4.78 is 1.85. The van der Waals surface area contributed by atoms with E-state index < -0.39 is 0 Å². The van der Waals surface area contributed by atoms with Gasteiger partial charge in [0.05, 0.1) is 17.8 Å². The fourth-order valence-corrected chi connectivity index (χ4v) is 2.05. The summed E-state index contributed by atoms with van der Waals surface area (Å²) in [5.41, 5.74) is 6.63. The number of nitriles is 1. The highest BCUT2D eigenvalue weighted by Crippen LogP contribution is 2.26. The summed E-state index contributed by atoms with van der Waals surface area (Å²) in [6, 6.07) is 2.55. The Morgan fingerprint density at radius 1 is 1.50 bits per heavy atom. The van der Waals surface area contributed by atoms with Crippen LogP contribution in [-0.2, 0) is 0 Å². The molecule has 0 saturated heterocycles. The molecular formula is C10H14N4. The average molecular weight is 190 g/mol. The van der Waals surface area contributed by atoms with E-state index in [2.05, 4.69) is 11.2 Å². The normalized spacial score (nSPS) is 27.1. The molecule has 0 amide bonds. The second-order valence-corrected chi connectivity index (χ2v) is 3.84. The summed E-state index contributed by atoms with van der Waals surface area (Å²) in [5, 5.41) is 12.9. The molecule has 4 heteroatoms. The van der Waals surface area contributed by atoms with Crippen LogP contribution in [0.1, 0.15) is 37.3 Å². The highest BCUT2D eigenvalue weighted by atomic mass is 15.3. The molecule has 2 N–H and O–H groups in total. The molecule has 4 nitrogen and oxygen atoms in total. The summed E-state index contributed by atoms with van der Waals surface area (Å²) in [5.74, 6) is 0. The van der Waals surface area contributed by atoms with Crippen molar-refractivity contribution in [3.8, 4) is 6.07 Å². The van der Waals surface area contributed by atoms with Crippen molar-refractivity contribution in [3.63, 3.8) is 0 Å². The number of hydrogen-bond donors (Lipinski definition) is 1. The first-order valence-corrected chi connectivity index (χ1v) is 5.01. The molecule has 0 spiro atoms. The molecule has 1 aliphatic carbocycles. The molecule has 2 unspecified atom stereocenters. The van der Waals surface area contributed by atoms with Gasteiger partial charge in [0.25, 0.3) is 0 Å². The van der Waals surface area contributed by atoms with Crippen LogP contribution in [0.4, 0.5) is 0 Å². The second-order valence-electron chi connectivity index (χ2n) is 3.84. The van der Waals surface area contributed by atoms with E-state index in [4.69, 9.17) is 11.0 Å². The van der Waals surface area contributed by atoms with Crippen molar-refractivity contribution in [1.29, 1.82) is 5.26 Å². The van der Waals surface area contributed by atoms with Crippen LogP contribution in [0.2, 0.25) is 0 Å². The molecule has 0 aromatic carbocycles.